The molecule has 0 aliphatic carbocycles. The number of carbonyl (C=O) groups is 2. The normalized spacial score (nSPS) is 31.1. The molecule has 2 rings (SSSR count). The van der Waals surface area contributed by atoms with Gasteiger partial charge in [0.1, 0.15) is 24.4 Å². The molecule has 26 heavy (non-hydrogen) atoms. The van der Waals surface area contributed by atoms with Gasteiger partial charge in [0.25, 0.3) is 0 Å². The molecule has 1 aliphatic rings. The topological polar surface area (TPSA) is 148 Å². The molecule has 6 N–H and O–H groups in total. The fourth-order valence-electron chi connectivity index (χ4n) is 2.80. The van der Waals surface area contributed by atoms with Gasteiger partial charge in [0.05, 0.1) is 6.61 Å². The summed E-state index contributed by atoms with van der Waals surface area (Å²) in [6.45, 7) is 3.88. The first-order valence-corrected chi connectivity index (χ1v) is 7.91. The van der Waals surface area contributed by atoms with Crippen molar-refractivity contribution in [3.05, 3.63) is 42.5 Å². The Balaban J connectivity index is 2.38. The van der Waals surface area contributed by atoms with Gasteiger partial charge in [-0.05, 0) is 18.2 Å². The average molecular weight is 366 g/mol. The molecule has 0 spiro atoms. The van der Waals surface area contributed by atoms with Gasteiger partial charge < -0.3 is 35.8 Å². The number of aliphatic hydroxyl groups excluding tert-OH is 3. The predicted octanol–water partition coefficient (Wildman–Crippen LogP) is -1.43. The number of rotatable bonds is 5. The van der Waals surface area contributed by atoms with E-state index < -0.39 is 48.6 Å². The number of benzene rings is 1. The second-order valence-corrected chi connectivity index (χ2v) is 5.97. The molecule has 0 radical (unpaired) electrons. The monoisotopic (exact) mass is 366 g/mol. The van der Waals surface area contributed by atoms with Crippen LogP contribution in [0, 0.1) is 0 Å². The van der Waals surface area contributed by atoms with Crippen LogP contribution in [0.2, 0.25) is 0 Å². The largest absolute Gasteiger partial charge is 0.394 e. The van der Waals surface area contributed by atoms with Crippen LogP contribution in [-0.2, 0) is 20.1 Å². The van der Waals surface area contributed by atoms with Crippen molar-refractivity contribution in [1.29, 1.82) is 0 Å². The van der Waals surface area contributed by atoms with E-state index >= 15 is 0 Å². The van der Waals surface area contributed by atoms with Gasteiger partial charge in [-0.2, -0.15) is 0 Å². The predicted molar refractivity (Wildman–Crippen MR) is 90.7 cm³/mol. The first-order chi connectivity index (χ1) is 12.2. The summed E-state index contributed by atoms with van der Waals surface area (Å²) in [5.74, 6) is -3.18. The van der Waals surface area contributed by atoms with Crippen LogP contribution >= 0.6 is 0 Å². The van der Waals surface area contributed by atoms with Crippen LogP contribution in [0.1, 0.15) is 12.5 Å². The van der Waals surface area contributed by atoms with Gasteiger partial charge in [-0.25, -0.2) is 0 Å². The summed E-state index contributed by atoms with van der Waals surface area (Å²) >= 11 is 0. The fraction of sp³-hybridized carbons (Fsp3) is 0.412. The molecule has 1 aromatic carbocycles. The zero-order valence-corrected chi connectivity index (χ0v) is 14.1. The molecule has 1 fully saturated rings. The van der Waals surface area contributed by atoms with Gasteiger partial charge in [0.15, 0.2) is 0 Å². The van der Waals surface area contributed by atoms with E-state index in [1.54, 1.807) is 0 Å². The minimum atomic E-state index is -2.21. The van der Waals surface area contributed by atoms with E-state index in [1.165, 1.54) is 31.2 Å². The van der Waals surface area contributed by atoms with E-state index in [2.05, 4.69) is 17.2 Å². The summed E-state index contributed by atoms with van der Waals surface area (Å²) in [5, 5.41) is 45.6. The lowest BCUT2D eigenvalue weighted by Crippen LogP contribution is -2.68. The van der Waals surface area contributed by atoms with Crippen molar-refractivity contribution < 1.29 is 34.8 Å². The Morgan fingerprint density at radius 3 is 2.38 bits per heavy atom. The molecular formula is C17H22N2O7. The molecule has 0 bridgehead atoms. The summed E-state index contributed by atoms with van der Waals surface area (Å²) in [5.41, 5.74) is 0.575. The van der Waals surface area contributed by atoms with Gasteiger partial charge in [0.2, 0.25) is 17.6 Å². The summed E-state index contributed by atoms with van der Waals surface area (Å²) in [4.78, 5) is 22.8. The molecule has 1 saturated heterocycles. The van der Waals surface area contributed by atoms with Gasteiger partial charge in [-0.1, -0.05) is 18.7 Å². The van der Waals surface area contributed by atoms with Gasteiger partial charge in [0, 0.05) is 18.2 Å². The highest BCUT2D eigenvalue weighted by Crippen LogP contribution is 2.36. The number of amides is 2. The Bertz CT molecular complexity index is 678. The third-order valence-corrected chi connectivity index (χ3v) is 4.12. The molecule has 1 heterocycles. The number of carbonyl (C=O) groups excluding carboxylic acids is 2. The van der Waals surface area contributed by atoms with Crippen molar-refractivity contribution in [2.24, 2.45) is 0 Å². The Morgan fingerprint density at radius 2 is 1.88 bits per heavy atom. The molecule has 9 heteroatoms. The summed E-state index contributed by atoms with van der Waals surface area (Å²) in [7, 11) is 0. The first kappa shape index (κ1) is 20.0. The molecule has 0 saturated carbocycles. The van der Waals surface area contributed by atoms with E-state index in [-0.39, 0.29) is 5.56 Å². The molecule has 1 aromatic rings. The lowest BCUT2D eigenvalue weighted by atomic mass is 9.86. The highest BCUT2D eigenvalue weighted by Gasteiger charge is 2.54. The second-order valence-electron chi connectivity index (χ2n) is 5.97. The Morgan fingerprint density at radius 1 is 1.27 bits per heavy atom. The smallest absolute Gasteiger partial charge is 0.247 e. The number of nitrogens with one attached hydrogen (secondary N) is 2. The SMILES string of the molecule is C=CC(=O)Nc1ccc([C@@]2(O)O[C@H](CO)[C@@H](O)[C@H](O)[C@H]2NC(C)=O)cc1. The lowest BCUT2D eigenvalue weighted by Gasteiger charge is -2.47. The zero-order chi connectivity index (χ0) is 19.5. The Hall–Kier alpha value is -2.30. The summed E-state index contributed by atoms with van der Waals surface area (Å²) in [6.07, 6.45) is -3.26. The molecule has 5 atom stereocenters. The van der Waals surface area contributed by atoms with Crippen LogP contribution in [0.15, 0.2) is 36.9 Å². The number of aliphatic hydroxyl groups is 4. The fourth-order valence-corrected chi connectivity index (χ4v) is 2.80. The van der Waals surface area contributed by atoms with Crippen LogP contribution < -0.4 is 10.6 Å². The second kappa shape index (κ2) is 7.94. The molecule has 1 aliphatic heterocycles. The van der Waals surface area contributed by atoms with Crippen LogP contribution in [-0.4, -0.2) is 63.2 Å². The van der Waals surface area contributed by atoms with Gasteiger partial charge >= 0.3 is 0 Å². The maximum absolute atomic E-state index is 11.5. The van der Waals surface area contributed by atoms with Crippen LogP contribution in [0.4, 0.5) is 5.69 Å². The number of hydrogen-bond donors (Lipinski definition) is 6. The molecule has 0 unspecified atom stereocenters. The van der Waals surface area contributed by atoms with E-state index in [1.807, 2.05) is 0 Å². The molecule has 142 valence electrons. The van der Waals surface area contributed by atoms with E-state index in [0.29, 0.717) is 5.69 Å². The number of hydrogen-bond acceptors (Lipinski definition) is 7. The van der Waals surface area contributed by atoms with Crippen molar-refractivity contribution >= 4 is 17.5 Å². The van der Waals surface area contributed by atoms with Crippen molar-refractivity contribution in [2.45, 2.75) is 37.1 Å². The third-order valence-electron chi connectivity index (χ3n) is 4.12. The third kappa shape index (κ3) is 3.92. The van der Waals surface area contributed by atoms with Crippen molar-refractivity contribution in [2.75, 3.05) is 11.9 Å². The maximum Gasteiger partial charge on any atom is 0.247 e. The van der Waals surface area contributed by atoms with Crippen molar-refractivity contribution in [3.63, 3.8) is 0 Å². The molecular weight excluding hydrogens is 344 g/mol. The maximum atomic E-state index is 11.5. The highest BCUT2D eigenvalue weighted by atomic mass is 16.6. The molecule has 9 nitrogen and oxygen atoms in total. The van der Waals surface area contributed by atoms with Crippen LogP contribution in [0.3, 0.4) is 0 Å². The minimum Gasteiger partial charge on any atom is -0.394 e. The van der Waals surface area contributed by atoms with Crippen molar-refractivity contribution in [3.8, 4) is 0 Å². The van der Waals surface area contributed by atoms with Gasteiger partial charge in [-0.15, -0.1) is 0 Å². The number of anilines is 1. The zero-order valence-electron chi connectivity index (χ0n) is 14.1. The molecule has 2 amide bonds. The minimum absolute atomic E-state index is 0.150. The average Bonchev–Trinajstić information content (AvgIpc) is 2.62. The van der Waals surface area contributed by atoms with Crippen LogP contribution in [0.25, 0.3) is 0 Å². The first-order valence-electron chi connectivity index (χ1n) is 7.91. The summed E-state index contributed by atoms with van der Waals surface area (Å²) < 4.78 is 5.42. The lowest BCUT2D eigenvalue weighted by molar-refractivity contribution is -0.326. The van der Waals surface area contributed by atoms with Gasteiger partial charge in [-0.3, -0.25) is 9.59 Å². The standard InChI is InChI=1S/C17H22N2O7/c1-3-13(22)19-11-6-4-10(5-7-11)17(25)16(18-9(2)21)15(24)14(23)12(8-20)26-17/h3-7,12,14-16,20,23-25H,1,8H2,2H3,(H,18,21)(H,19,22)/t12-,14-,15+,16-,17-/m1/s1. The Labute approximate surface area is 149 Å². The Kier molecular flexibility index (Phi) is 6.11. The van der Waals surface area contributed by atoms with E-state index in [4.69, 9.17) is 4.74 Å². The van der Waals surface area contributed by atoms with Crippen LogP contribution in [0.5, 0.6) is 0 Å². The quantitative estimate of drug-likeness (QED) is 0.350. The van der Waals surface area contributed by atoms with E-state index in [0.717, 1.165) is 6.08 Å². The summed E-state index contributed by atoms with van der Waals surface area (Å²) in [6, 6.07) is 4.42. The highest BCUT2D eigenvalue weighted by molar-refractivity contribution is 5.98. The van der Waals surface area contributed by atoms with Crippen molar-refractivity contribution in [1.82, 2.24) is 5.32 Å². The van der Waals surface area contributed by atoms with E-state index in [9.17, 15) is 30.0 Å². The molecule has 0 aromatic heterocycles. The number of ether oxygens (including phenoxy) is 1.